The number of ether oxygens (including phenoxy) is 1. The van der Waals surface area contributed by atoms with Gasteiger partial charge in [-0.05, 0) is 20.8 Å². The number of nitrogens with one attached hydrogen (secondary N) is 1. The van der Waals surface area contributed by atoms with Crippen LogP contribution in [0.2, 0.25) is 0 Å². The number of amides is 1. The maximum atomic E-state index is 11.8. The number of aromatic nitrogens is 3. The fourth-order valence-corrected chi connectivity index (χ4v) is 1.81. The molecule has 0 fully saturated rings. The van der Waals surface area contributed by atoms with E-state index in [0.717, 1.165) is 0 Å². The molecule has 0 radical (unpaired) electrons. The molecule has 8 heteroatoms. The lowest BCUT2D eigenvalue weighted by molar-refractivity contribution is -0.137. The molecule has 0 aromatic carbocycles. The smallest absolute Gasteiger partial charge is 0.412 e. The highest BCUT2D eigenvalue weighted by Gasteiger charge is 2.19. The molecule has 0 spiro atoms. The number of rotatable bonds is 3. The quantitative estimate of drug-likeness (QED) is 0.894. The second kappa shape index (κ2) is 5.39. The molecule has 0 aliphatic carbocycles. The van der Waals surface area contributed by atoms with Crippen molar-refractivity contribution in [2.45, 2.75) is 32.9 Å². The van der Waals surface area contributed by atoms with Crippen molar-refractivity contribution in [1.82, 2.24) is 14.5 Å². The fraction of sp³-hybridized carbons (Fsp3) is 0.385. The topological polar surface area (TPSA) is 106 Å². The molecular formula is C13H16N4O4. The number of hydrogen-bond donors (Lipinski definition) is 2. The minimum Gasteiger partial charge on any atom is -0.480 e. The molecule has 0 aliphatic heterocycles. The van der Waals surface area contributed by atoms with E-state index in [1.165, 1.54) is 23.3 Å². The normalized spacial score (nSPS) is 11.4. The minimum absolute atomic E-state index is 0.260. The molecule has 0 unspecified atom stereocenters. The Hall–Kier alpha value is -2.64. The van der Waals surface area contributed by atoms with Gasteiger partial charge in [0.15, 0.2) is 0 Å². The van der Waals surface area contributed by atoms with E-state index < -0.39 is 17.7 Å². The Kier molecular flexibility index (Phi) is 3.79. The lowest BCUT2D eigenvalue weighted by atomic mass is 10.2. The first-order valence-electron chi connectivity index (χ1n) is 6.27. The highest BCUT2D eigenvalue weighted by Crippen LogP contribution is 2.24. The summed E-state index contributed by atoms with van der Waals surface area (Å²) in [5.41, 5.74) is 0.208. The molecule has 1 amide bonds. The third-order valence-electron chi connectivity index (χ3n) is 2.48. The molecule has 0 bridgehead atoms. The summed E-state index contributed by atoms with van der Waals surface area (Å²) < 4.78 is 6.59. The molecular weight excluding hydrogens is 276 g/mol. The van der Waals surface area contributed by atoms with Crippen LogP contribution in [0.3, 0.4) is 0 Å². The molecule has 2 aromatic heterocycles. The fourth-order valence-electron chi connectivity index (χ4n) is 1.81. The van der Waals surface area contributed by atoms with Crippen LogP contribution in [0, 0.1) is 0 Å². The van der Waals surface area contributed by atoms with E-state index in [1.54, 1.807) is 20.8 Å². The van der Waals surface area contributed by atoms with Gasteiger partial charge in [-0.3, -0.25) is 10.1 Å². The third-order valence-corrected chi connectivity index (χ3v) is 2.48. The zero-order valence-electron chi connectivity index (χ0n) is 12.0. The predicted octanol–water partition coefficient (Wildman–Crippen LogP) is 1.86. The molecule has 0 atom stereocenters. The van der Waals surface area contributed by atoms with Gasteiger partial charge in [-0.2, -0.15) is 0 Å². The van der Waals surface area contributed by atoms with E-state index in [9.17, 15) is 9.59 Å². The largest absolute Gasteiger partial charge is 0.480 e. The second-order valence-electron chi connectivity index (χ2n) is 5.45. The maximum absolute atomic E-state index is 11.8. The number of hydrogen-bond acceptors (Lipinski definition) is 5. The zero-order valence-corrected chi connectivity index (χ0v) is 12.0. The summed E-state index contributed by atoms with van der Waals surface area (Å²) in [7, 11) is 0. The van der Waals surface area contributed by atoms with Gasteiger partial charge >= 0.3 is 12.1 Å². The van der Waals surface area contributed by atoms with Gasteiger partial charge in [0.2, 0.25) is 0 Å². The molecule has 0 saturated heterocycles. The number of carboxylic acid groups (broad SMARTS) is 1. The Morgan fingerprint density at radius 1 is 1.43 bits per heavy atom. The van der Waals surface area contributed by atoms with E-state index in [-0.39, 0.29) is 6.54 Å². The molecule has 2 N–H and O–H groups in total. The van der Waals surface area contributed by atoms with Crippen molar-refractivity contribution in [2.24, 2.45) is 0 Å². The summed E-state index contributed by atoms with van der Waals surface area (Å²) in [4.78, 5) is 30.6. The lowest BCUT2D eigenvalue weighted by Gasteiger charge is -2.19. The van der Waals surface area contributed by atoms with Crippen LogP contribution in [0.15, 0.2) is 18.7 Å². The van der Waals surface area contributed by atoms with E-state index >= 15 is 0 Å². The van der Waals surface area contributed by atoms with Gasteiger partial charge in [0.1, 0.15) is 24.1 Å². The summed E-state index contributed by atoms with van der Waals surface area (Å²) in [6.45, 7) is 5.00. The number of carboxylic acids is 1. The summed E-state index contributed by atoms with van der Waals surface area (Å²) in [6.07, 6.45) is 3.70. The van der Waals surface area contributed by atoms with Crippen molar-refractivity contribution in [3.8, 4) is 0 Å². The van der Waals surface area contributed by atoms with Crippen molar-refractivity contribution in [2.75, 3.05) is 5.32 Å². The van der Waals surface area contributed by atoms with Gasteiger partial charge in [0, 0.05) is 12.4 Å². The highest BCUT2D eigenvalue weighted by atomic mass is 16.6. The molecule has 2 rings (SSSR count). The lowest BCUT2D eigenvalue weighted by Crippen LogP contribution is -2.27. The Bertz CT molecular complexity index is 687. The van der Waals surface area contributed by atoms with Gasteiger partial charge in [-0.15, -0.1) is 0 Å². The van der Waals surface area contributed by atoms with E-state index in [1.807, 2.05) is 0 Å². The number of carbonyl (C=O) groups excluding carboxylic acids is 1. The average Bonchev–Trinajstić information content (AvgIpc) is 2.65. The first-order chi connectivity index (χ1) is 9.76. The molecule has 8 nitrogen and oxygen atoms in total. The summed E-state index contributed by atoms with van der Waals surface area (Å²) in [5.74, 6) is -1.01. The minimum atomic E-state index is -1.01. The molecule has 21 heavy (non-hydrogen) atoms. The number of nitrogens with zero attached hydrogens (tertiary/aromatic N) is 3. The molecule has 2 heterocycles. The summed E-state index contributed by atoms with van der Waals surface area (Å²) >= 11 is 0. The van der Waals surface area contributed by atoms with Crippen LogP contribution in [0.25, 0.3) is 11.0 Å². The van der Waals surface area contributed by atoms with Gasteiger partial charge in [-0.1, -0.05) is 0 Å². The van der Waals surface area contributed by atoms with E-state index in [4.69, 9.17) is 9.84 Å². The van der Waals surface area contributed by atoms with E-state index in [0.29, 0.717) is 16.7 Å². The molecule has 112 valence electrons. The molecule has 0 saturated carbocycles. The van der Waals surface area contributed by atoms with Crippen LogP contribution in [-0.2, 0) is 16.1 Å². The van der Waals surface area contributed by atoms with Crippen LogP contribution < -0.4 is 5.32 Å². The number of fused-ring (bicyclic) bond motifs is 1. The molecule has 2 aromatic rings. The maximum Gasteiger partial charge on any atom is 0.412 e. The van der Waals surface area contributed by atoms with Gasteiger partial charge in [0.05, 0.1) is 11.1 Å². The SMILES string of the molecule is CC(C)(C)OC(=O)Nc1cn(CC(=O)O)c2ncncc12. The third kappa shape index (κ3) is 3.68. The van der Waals surface area contributed by atoms with Crippen molar-refractivity contribution >= 4 is 28.8 Å². The Labute approximate surface area is 120 Å². The Balaban J connectivity index is 2.32. The Morgan fingerprint density at radius 2 is 2.14 bits per heavy atom. The van der Waals surface area contributed by atoms with Crippen LogP contribution in [0.4, 0.5) is 10.5 Å². The van der Waals surface area contributed by atoms with Crippen LogP contribution in [0.1, 0.15) is 20.8 Å². The first-order valence-corrected chi connectivity index (χ1v) is 6.27. The van der Waals surface area contributed by atoms with Crippen LogP contribution in [0.5, 0.6) is 0 Å². The van der Waals surface area contributed by atoms with Crippen molar-refractivity contribution in [3.63, 3.8) is 0 Å². The van der Waals surface area contributed by atoms with E-state index in [2.05, 4.69) is 15.3 Å². The number of carbonyl (C=O) groups is 2. The zero-order chi connectivity index (χ0) is 15.6. The standard InChI is InChI=1S/C13H16N4O4/c1-13(2,3)21-12(20)16-9-5-17(6-10(18)19)11-8(9)4-14-7-15-11/h4-5,7H,6H2,1-3H3,(H,16,20)(H,18,19). The summed E-state index contributed by atoms with van der Waals surface area (Å²) in [6, 6.07) is 0. The van der Waals surface area contributed by atoms with Gasteiger partial charge in [0.25, 0.3) is 0 Å². The number of anilines is 1. The predicted molar refractivity (Wildman–Crippen MR) is 75.0 cm³/mol. The van der Waals surface area contributed by atoms with Crippen LogP contribution >= 0.6 is 0 Å². The van der Waals surface area contributed by atoms with Gasteiger partial charge < -0.3 is 14.4 Å². The number of aliphatic carboxylic acids is 1. The van der Waals surface area contributed by atoms with Crippen molar-refractivity contribution < 1.29 is 19.4 Å². The van der Waals surface area contributed by atoms with Crippen molar-refractivity contribution in [1.29, 1.82) is 0 Å². The summed E-state index contributed by atoms with van der Waals surface area (Å²) in [5, 5.41) is 12.0. The highest BCUT2D eigenvalue weighted by molar-refractivity contribution is 5.98. The monoisotopic (exact) mass is 292 g/mol. The van der Waals surface area contributed by atoms with Crippen molar-refractivity contribution in [3.05, 3.63) is 18.7 Å². The van der Waals surface area contributed by atoms with Crippen LogP contribution in [-0.4, -0.2) is 37.3 Å². The van der Waals surface area contributed by atoms with Gasteiger partial charge in [-0.25, -0.2) is 14.8 Å². The Morgan fingerprint density at radius 3 is 2.76 bits per heavy atom. The first kappa shape index (κ1) is 14.8. The second-order valence-corrected chi connectivity index (χ2v) is 5.45. The molecule has 0 aliphatic rings. The average molecular weight is 292 g/mol.